The highest BCUT2D eigenvalue weighted by molar-refractivity contribution is 5.80. The number of guanidine groups is 1. The lowest BCUT2D eigenvalue weighted by Gasteiger charge is -2.33. The average molecular weight is 209 g/mol. The fraction of sp³-hybridized carbons (Fsp3) is 0.917. The molecular weight excluding hydrogens is 186 g/mol. The van der Waals surface area contributed by atoms with Crippen LogP contribution in [-0.4, -0.2) is 37.0 Å². The van der Waals surface area contributed by atoms with E-state index < -0.39 is 0 Å². The summed E-state index contributed by atoms with van der Waals surface area (Å²) in [6, 6.07) is 0.683. The Morgan fingerprint density at radius 1 is 1.27 bits per heavy atom. The van der Waals surface area contributed by atoms with Crippen LogP contribution in [0.3, 0.4) is 0 Å². The zero-order valence-electron chi connectivity index (χ0n) is 10.2. The van der Waals surface area contributed by atoms with Crippen LogP contribution in [0.25, 0.3) is 0 Å². The van der Waals surface area contributed by atoms with Crippen LogP contribution in [0.1, 0.15) is 33.1 Å². The van der Waals surface area contributed by atoms with Gasteiger partial charge in [-0.1, -0.05) is 13.8 Å². The molecular formula is C12H23N3. The van der Waals surface area contributed by atoms with Gasteiger partial charge in [-0.3, -0.25) is 4.99 Å². The van der Waals surface area contributed by atoms with Gasteiger partial charge in [-0.05, 0) is 31.1 Å². The molecule has 0 aromatic rings. The van der Waals surface area contributed by atoms with Gasteiger partial charge in [0, 0.05) is 26.2 Å². The van der Waals surface area contributed by atoms with Crippen LogP contribution in [-0.2, 0) is 0 Å². The molecule has 1 N–H and O–H groups in total. The third-order valence-electron chi connectivity index (χ3n) is 3.72. The van der Waals surface area contributed by atoms with Crippen molar-refractivity contribution >= 4 is 5.96 Å². The standard InChI is InChI=1S/C12H23N3/c1-9-4-6-15(7-5-9)12(13-3)14-11-8-10(11)2/h9-11H,4-8H2,1-3H3,(H,13,14)/t10-,11-/m1/s1. The first-order valence-corrected chi connectivity index (χ1v) is 6.19. The molecule has 0 aromatic heterocycles. The molecule has 2 aliphatic rings. The molecule has 0 radical (unpaired) electrons. The zero-order chi connectivity index (χ0) is 10.8. The van der Waals surface area contributed by atoms with E-state index in [0.717, 1.165) is 17.8 Å². The SMILES string of the molecule is CN=C(N[C@@H]1C[C@H]1C)N1CCC(C)CC1. The Bertz CT molecular complexity index is 241. The molecule has 1 saturated heterocycles. The maximum atomic E-state index is 4.38. The predicted octanol–water partition coefficient (Wildman–Crippen LogP) is 1.70. The van der Waals surface area contributed by atoms with Crippen LogP contribution in [0.4, 0.5) is 0 Å². The predicted molar refractivity (Wildman–Crippen MR) is 64.0 cm³/mol. The summed E-state index contributed by atoms with van der Waals surface area (Å²) >= 11 is 0. The van der Waals surface area contributed by atoms with E-state index in [0.29, 0.717) is 6.04 Å². The summed E-state index contributed by atoms with van der Waals surface area (Å²) in [6.07, 6.45) is 3.92. The number of nitrogens with zero attached hydrogens (tertiary/aromatic N) is 2. The minimum absolute atomic E-state index is 0.683. The Morgan fingerprint density at radius 3 is 2.33 bits per heavy atom. The van der Waals surface area contributed by atoms with E-state index in [1.165, 1.54) is 32.4 Å². The molecule has 3 nitrogen and oxygen atoms in total. The summed E-state index contributed by atoms with van der Waals surface area (Å²) in [5, 5.41) is 3.55. The van der Waals surface area contributed by atoms with Crippen molar-refractivity contribution in [2.75, 3.05) is 20.1 Å². The Kier molecular flexibility index (Phi) is 3.17. The minimum atomic E-state index is 0.683. The summed E-state index contributed by atoms with van der Waals surface area (Å²) in [7, 11) is 1.90. The van der Waals surface area contributed by atoms with E-state index in [2.05, 4.69) is 29.1 Å². The second-order valence-electron chi connectivity index (χ2n) is 5.18. The van der Waals surface area contributed by atoms with Crippen LogP contribution in [0.15, 0.2) is 4.99 Å². The highest BCUT2D eigenvalue weighted by Gasteiger charge is 2.34. The Labute approximate surface area is 92.9 Å². The topological polar surface area (TPSA) is 27.6 Å². The smallest absolute Gasteiger partial charge is 0.193 e. The highest BCUT2D eigenvalue weighted by atomic mass is 15.3. The quantitative estimate of drug-likeness (QED) is 0.526. The zero-order valence-corrected chi connectivity index (χ0v) is 10.2. The van der Waals surface area contributed by atoms with Gasteiger partial charge in [-0.2, -0.15) is 0 Å². The molecule has 86 valence electrons. The van der Waals surface area contributed by atoms with Crippen LogP contribution in [0.2, 0.25) is 0 Å². The van der Waals surface area contributed by atoms with Crippen molar-refractivity contribution in [1.82, 2.24) is 10.2 Å². The first-order valence-electron chi connectivity index (χ1n) is 6.19. The molecule has 1 aliphatic heterocycles. The monoisotopic (exact) mass is 209 g/mol. The van der Waals surface area contributed by atoms with Crippen molar-refractivity contribution < 1.29 is 0 Å². The molecule has 0 unspecified atom stereocenters. The number of aliphatic imine (C=N–C) groups is 1. The van der Waals surface area contributed by atoms with E-state index in [1.807, 2.05) is 7.05 Å². The van der Waals surface area contributed by atoms with Gasteiger partial charge < -0.3 is 10.2 Å². The molecule has 2 fully saturated rings. The number of likely N-dealkylation sites (tertiary alicyclic amines) is 1. The average Bonchev–Trinajstić information content (AvgIpc) is 2.92. The van der Waals surface area contributed by atoms with E-state index in [1.54, 1.807) is 0 Å². The second kappa shape index (κ2) is 4.42. The van der Waals surface area contributed by atoms with Crippen molar-refractivity contribution in [2.24, 2.45) is 16.8 Å². The van der Waals surface area contributed by atoms with E-state index in [-0.39, 0.29) is 0 Å². The van der Waals surface area contributed by atoms with Crippen molar-refractivity contribution in [3.63, 3.8) is 0 Å². The third-order valence-corrected chi connectivity index (χ3v) is 3.72. The summed E-state index contributed by atoms with van der Waals surface area (Å²) in [5.74, 6) is 2.85. The maximum Gasteiger partial charge on any atom is 0.193 e. The molecule has 15 heavy (non-hydrogen) atoms. The first-order chi connectivity index (χ1) is 7.20. The van der Waals surface area contributed by atoms with E-state index >= 15 is 0 Å². The Balaban J connectivity index is 1.84. The van der Waals surface area contributed by atoms with Crippen molar-refractivity contribution in [3.05, 3.63) is 0 Å². The molecule has 0 bridgehead atoms. The van der Waals surface area contributed by atoms with Crippen LogP contribution in [0, 0.1) is 11.8 Å². The van der Waals surface area contributed by atoms with Crippen molar-refractivity contribution in [3.8, 4) is 0 Å². The number of hydrogen-bond acceptors (Lipinski definition) is 1. The Hall–Kier alpha value is -0.730. The lowest BCUT2D eigenvalue weighted by molar-refractivity contribution is 0.273. The van der Waals surface area contributed by atoms with Gasteiger partial charge in [0.15, 0.2) is 5.96 Å². The largest absolute Gasteiger partial charge is 0.353 e. The molecule has 1 heterocycles. The molecule has 0 amide bonds. The molecule has 3 heteroatoms. The van der Waals surface area contributed by atoms with Gasteiger partial charge >= 0.3 is 0 Å². The third kappa shape index (κ3) is 2.64. The molecule has 1 aliphatic carbocycles. The van der Waals surface area contributed by atoms with Gasteiger partial charge in [0.05, 0.1) is 0 Å². The van der Waals surface area contributed by atoms with Crippen LogP contribution < -0.4 is 5.32 Å². The van der Waals surface area contributed by atoms with Gasteiger partial charge in [0.25, 0.3) is 0 Å². The minimum Gasteiger partial charge on any atom is -0.353 e. The lowest BCUT2D eigenvalue weighted by atomic mass is 10.00. The van der Waals surface area contributed by atoms with Crippen molar-refractivity contribution in [1.29, 1.82) is 0 Å². The van der Waals surface area contributed by atoms with Gasteiger partial charge in [0.2, 0.25) is 0 Å². The normalized spacial score (nSPS) is 33.0. The molecule has 0 aromatic carbocycles. The molecule has 1 saturated carbocycles. The summed E-state index contributed by atoms with van der Waals surface area (Å²) < 4.78 is 0. The maximum absolute atomic E-state index is 4.38. The summed E-state index contributed by atoms with van der Waals surface area (Å²) in [6.45, 7) is 6.98. The number of hydrogen-bond donors (Lipinski definition) is 1. The number of nitrogens with one attached hydrogen (secondary N) is 1. The first kappa shape index (κ1) is 10.8. The van der Waals surface area contributed by atoms with Gasteiger partial charge in [0.1, 0.15) is 0 Å². The van der Waals surface area contributed by atoms with Gasteiger partial charge in [-0.25, -0.2) is 0 Å². The van der Waals surface area contributed by atoms with Crippen molar-refractivity contribution in [2.45, 2.75) is 39.2 Å². The van der Waals surface area contributed by atoms with E-state index in [9.17, 15) is 0 Å². The van der Waals surface area contributed by atoms with Crippen LogP contribution in [0.5, 0.6) is 0 Å². The Morgan fingerprint density at radius 2 is 1.87 bits per heavy atom. The van der Waals surface area contributed by atoms with Gasteiger partial charge in [-0.15, -0.1) is 0 Å². The molecule has 2 atom stereocenters. The fourth-order valence-electron chi connectivity index (χ4n) is 2.21. The van der Waals surface area contributed by atoms with Crippen LogP contribution >= 0.6 is 0 Å². The summed E-state index contributed by atoms with van der Waals surface area (Å²) in [5.41, 5.74) is 0. The number of rotatable bonds is 1. The lowest BCUT2D eigenvalue weighted by Crippen LogP contribution is -2.46. The molecule has 0 spiro atoms. The highest BCUT2D eigenvalue weighted by Crippen LogP contribution is 2.29. The number of piperidine rings is 1. The summed E-state index contributed by atoms with van der Waals surface area (Å²) in [4.78, 5) is 6.79. The second-order valence-corrected chi connectivity index (χ2v) is 5.18. The van der Waals surface area contributed by atoms with E-state index in [4.69, 9.17) is 0 Å². The molecule has 2 rings (SSSR count). The fourth-order valence-corrected chi connectivity index (χ4v) is 2.21.